The van der Waals surface area contributed by atoms with E-state index in [1.807, 2.05) is 19.2 Å². The minimum atomic E-state index is -4.47. The molecule has 0 radical (unpaired) electrons. The second kappa shape index (κ2) is 8.79. The Kier molecular flexibility index (Phi) is 7.11. The van der Waals surface area contributed by atoms with Crippen molar-refractivity contribution in [3.05, 3.63) is 29.8 Å². The molecule has 0 aliphatic carbocycles. The first kappa shape index (κ1) is 22.6. The van der Waals surface area contributed by atoms with Gasteiger partial charge in [-0.3, -0.25) is 9.69 Å². The maximum absolute atomic E-state index is 12.8. The molecule has 6 nitrogen and oxygen atoms in total. The standard InChI is InChI=1S/C18H26F3N3O3S/c1-13(2)15-4-6-16(7-5-15)28(26,27)24-10-8-23(9-11-24)14(3)17(25)22-12-18(19,20)21/h4-7,13-14H,8-12H2,1-3H3,(H,22,25)/t14-/m0/s1. The summed E-state index contributed by atoms with van der Waals surface area (Å²) in [6.45, 7) is 5.06. The van der Waals surface area contributed by atoms with Crippen molar-refractivity contribution in [2.75, 3.05) is 32.7 Å². The first-order valence-electron chi connectivity index (χ1n) is 9.10. The van der Waals surface area contributed by atoms with Crippen molar-refractivity contribution < 1.29 is 26.4 Å². The van der Waals surface area contributed by atoms with Gasteiger partial charge in [0, 0.05) is 26.2 Å². The second-order valence-corrected chi connectivity index (χ2v) is 9.11. The number of sulfonamides is 1. The Morgan fingerprint density at radius 3 is 2.07 bits per heavy atom. The van der Waals surface area contributed by atoms with E-state index in [1.165, 1.54) is 11.2 Å². The summed E-state index contributed by atoms with van der Waals surface area (Å²) >= 11 is 0. The van der Waals surface area contributed by atoms with Gasteiger partial charge in [-0.1, -0.05) is 26.0 Å². The van der Waals surface area contributed by atoms with Crippen LogP contribution in [0.4, 0.5) is 13.2 Å². The Labute approximate surface area is 163 Å². The average molecular weight is 421 g/mol. The zero-order chi connectivity index (χ0) is 21.1. The molecule has 158 valence electrons. The Morgan fingerprint density at radius 2 is 1.61 bits per heavy atom. The SMILES string of the molecule is CC(C)c1ccc(S(=O)(=O)N2CCN([C@@H](C)C(=O)NCC(F)(F)F)CC2)cc1. The lowest BCUT2D eigenvalue weighted by molar-refractivity contribution is -0.141. The van der Waals surface area contributed by atoms with E-state index in [0.29, 0.717) is 5.92 Å². The number of piperazine rings is 1. The third-order valence-electron chi connectivity index (χ3n) is 4.85. The van der Waals surface area contributed by atoms with Gasteiger partial charge in [-0.05, 0) is 30.5 Å². The van der Waals surface area contributed by atoms with E-state index in [1.54, 1.807) is 29.2 Å². The van der Waals surface area contributed by atoms with E-state index < -0.39 is 34.7 Å². The van der Waals surface area contributed by atoms with Gasteiger partial charge in [0.05, 0.1) is 10.9 Å². The number of amides is 1. The number of nitrogens with one attached hydrogen (secondary N) is 1. The smallest absolute Gasteiger partial charge is 0.346 e. The van der Waals surface area contributed by atoms with Crippen LogP contribution in [0.3, 0.4) is 0 Å². The van der Waals surface area contributed by atoms with Crippen LogP contribution in [-0.2, 0) is 14.8 Å². The van der Waals surface area contributed by atoms with E-state index in [4.69, 9.17) is 0 Å². The lowest BCUT2D eigenvalue weighted by atomic mass is 10.0. The zero-order valence-corrected chi connectivity index (χ0v) is 17.0. The number of hydrogen-bond acceptors (Lipinski definition) is 4. The minimum Gasteiger partial charge on any atom is -0.346 e. The van der Waals surface area contributed by atoms with Crippen molar-refractivity contribution in [3.63, 3.8) is 0 Å². The van der Waals surface area contributed by atoms with Crippen LogP contribution in [-0.4, -0.2) is 68.5 Å². The average Bonchev–Trinajstić information content (AvgIpc) is 2.65. The summed E-state index contributed by atoms with van der Waals surface area (Å²) in [4.78, 5) is 13.8. The zero-order valence-electron chi connectivity index (χ0n) is 16.2. The first-order chi connectivity index (χ1) is 12.9. The number of alkyl halides is 3. The van der Waals surface area contributed by atoms with Crippen LogP contribution in [0.1, 0.15) is 32.3 Å². The van der Waals surface area contributed by atoms with Gasteiger partial charge < -0.3 is 5.32 Å². The monoisotopic (exact) mass is 421 g/mol. The third kappa shape index (κ3) is 5.68. The van der Waals surface area contributed by atoms with Crippen molar-refractivity contribution in [2.24, 2.45) is 0 Å². The number of carbonyl (C=O) groups is 1. The molecule has 0 spiro atoms. The first-order valence-corrected chi connectivity index (χ1v) is 10.5. The predicted octanol–water partition coefficient (Wildman–Crippen LogP) is 2.18. The van der Waals surface area contributed by atoms with Crippen LogP contribution in [0.15, 0.2) is 29.2 Å². The largest absolute Gasteiger partial charge is 0.405 e. The maximum Gasteiger partial charge on any atom is 0.405 e. The van der Waals surface area contributed by atoms with Crippen LogP contribution in [0.25, 0.3) is 0 Å². The van der Waals surface area contributed by atoms with Crippen LogP contribution < -0.4 is 5.32 Å². The molecule has 1 atom stereocenters. The quantitative estimate of drug-likeness (QED) is 0.765. The fourth-order valence-corrected chi connectivity index (χ4v) is 4.43. The van der Waals surface area contributed by atoms with Gasteiger partial charge in [-0.2, -0.15) is 17.5 Å². The minimum absolute atomic E-state index is 0.172. The maximum atomic E-state index is 12.8. The number of hydrogen-bond donors (Lipinski definition) is 1. The Balaban J connectivity index is 1.95. The summed E-state index contributed by atoms with van der Waals surface area (Å²) in [5.74, 6) is -0.428. The van der Waals surface area contributed by atoms with E-state index in [-0.39, 0.29) is 31.1 Å². The number of rotatable bonds is 6. The molecular weight excluding hydrogens is 395 g/mol. The van der Waals surface area contributed by atoms with Gasteiger partial charge in [-0.15, -0.1) is 0 Å². The van der Waals surface area contributed by atoms with E-state index in [0.717, 1.165) is 5.56 Å². The molecule has 1 aromatic rings. The summed E-state index contributed by atoms with van der Waals surface area (Å²) in [6.07, 6.45) is -4.47. The molecule has 1 fully saturated rings. The van der Waals surface area contributed by atoms with E-state index in [9.17, 15) is 26.4 Å². The fourth-order valence-electron chi connectivity index (χ4n) is 3.01. The summed E-state index contributed by atoms with van der Waals surface area (Å²) in [5.41, 5.74) is 1.04. The molecule has 0 saturated carbocycles. The van der Waals surface area contributed by atoms with Crippen molar-refractivity contribution in [1.29, 1.82) is 0 Å². The summed E-state index contributed by atoms with van der Waals surface area (Å²) in [5, 5.41) is 1.86. The molecule has 10 heteroatoms. The Morgan fingerprint density at radius 1 is 1.07 bits per heavy atom. The topological polar surface area (TPSA) is 69.7 Å². The number of halogens is 3. The van der Waals surface area contributed by atoms with E-state index in [2.05, 4.69) is 0 Å². The highest BCUT2D eigenvalue weighted by atomic mass is 32.2. The fraction of sp³-hybridized carbons (Fsp3) is 0.611. The molecule has 1 N–H and O–H groups in total. The van der Waals surface area contributed by atoms with Crippen molar-refractivity contribution >= 4 is 15.9 Å². The van der Waals surface area contributed by atoms with Crippen LogP contribution in [0.2, 0.25) is 0 Å². The highest BCUT2D eigenvalue weighted by Crippen LogP contribution is 2.22. The molecule has 1 aliphatic heterocycles. The highest BCUT2D eigenvalue weighted by Gasteiger charge is 2.33. The van der Waals surface area contributed by atoms with Gasteiger partial charge in [0.15, 0.2) is 0 Å². The van der Waals surface area contributed by atoms with Crippen LogP contribution in [0, 0.1) is 0 Å². The summed E-state index contributed by atoms with van der Waals surface area (Å²) in [6, 6.07) is 5.99. The molecule has 0 unspecified atom stereocenters. The highest BCUT2D eigenvalue weighted by molar-refractivity contribution is 7.89. The van der Waals surface area contributed by atoms with Crippen molar-refractivity contribution in [3.8, 4) is 0 Å². The second-order valence-electron chi connectivity index (χ2n) is 7.17. The van der Waals surface area contributed by atoms with Crippen LogP contribution >= 0.6 is 0 Å². The van der Waals surface area contributed by atoms with Crippen LogP contribution in [0.5, 0.6) is 0 Å². The van der Waals surface area contributed by atoms with Crippen molar-refractivity contribution in [2.45, 2.75) is 43.8 Å². The summed E-state index contributed by atoms with van der Waals surface area (Å²) in [7, 11) is -3.65. The number of carbonyl (C=O) groups excluding carboxylic acids is 1. The van der Waals surface area contributed by atoms with Gasteiger partial charge >= 0.3 is 6.18 Å². The molecule has 28 heavy (non-hydrogen) atoms. The predicted molar refractivity (Wildman–Crippen MR) is 99.4 cm³/mol. The number of benzene rings is 1. The molecule has 1 aliphatic rings. The Hall–Kier alpha value is -1.65. The molecular formula is C18H26F3N3O3S. The third-order valence-corrected chi connectivity index (χ3v) is 6.76. The lowest BCUT2D eigenvalue weighted by Gasteiger charge is -2.36. The normalized spacial score (nSPS) is 18.2. The number of nitrogens with zero attached hydrogens (tertiary/aromatic N) is 2. The lowest BCUT2D eigenvalue weighted by Crippen LogP contribution is -2.55. The van der Waals surface area contributed by atoms with Gasteiger partial charge in [-0.25, -0.2) is 8.42 Å². The van der Waals surface area contributed by atoms with Crippen molar-refractivity contribution in [1.82, 2.24) is 14.5 Å². The molecule has 0 bridgehead atoms. The van der Waals surface area contributed by atoms with Gasteiger partial charge in [0.2, 0.25) is 15.9 Å². The Bertz CT molecular complexity index is 772. The molecule has 1 aromatic carbocycles. The van der Waals surface area contributed by atoms with E-state index >= 15 is 0 Å². The van der Waals surface area contributed by atoms with Gasteiger partial charge in [0.25, 0.3) is 0 Å². The molecule has 0 aromatic heterocycles. The molecule has 1 saturated heterocycles. The van der Waals surface area contributed by atoms with Gasteiger partial charge in [0.1, 0.15) is 6.54 Å². The molecule has 1 amide bonds. The molecule has 1 heterocycles. The summed E-state index contributed by atoms with van der Waals surface area (Å²) < 4.78 is 63.6. The molecule has 2 rings (SSSR count).